The van der Waals surface area contributed by atoms with Crippen LogP contribution in [0.3, 0.4) is 0 Å². The van der Waals surface area contributed by atoms with Gasteiger partial charge >= 0.3 is 5.97 Å². The number of halogens is 1. The van der Waals surface area contributed by atoms with Crippen LogP contribution in [0.25, 0.3) is 11.1 Å². The number of piperidine rings is 1. The van der Waals surface area contributed by atoms with Gasteiger partial charge in [0.05, 0.1) is 24.0 Å². The maximum Gasteiger partial charge on any atom is 0.340 e. The summed E-state index contributed by atoms with van der Waals surface area (Å²) in [6, 6.07) is 14.8. The van der Waals surface area contributed by atoms with Crippen LogP contribution < -0.4 is 9.64 Å². The van der Waals surface area contributed by atoms with Gasteiger partial charge in [0.1, 0.15) is 11.6 Å². The lowest BCUT2D eigenvalue weighted by Gasteiger charge is -2.49. The number of ether oxygens (including phenoxy) is 3. The Labute approximate surface area is 281 Å². The molecule has 7 heteroatoms. The fraction of sp³-hybridized carbons (Fsp3) is 0.550. The number of pyridine rings is 1. The van der Waals surface area contributed by atoms with E-state index in [4.69, 9.17) is 19.2 Å². The average Bonchev–Trinajstić information content (AvgIpc) is 2.98. The Hall–Kier alpha value is -3.45. The lowest BCUT2D eigenvalue weighted by Crippen LogP contribution is -2.44. The highest BCUT2D eigenvalue weighted by Crippen LogP contribution is 2.51. The fourth-order valence-corrected chi connectivity index (χ4v) is 7.05. The van der Waals surface area contributed by atoms with Gasteiger partial charge in [0.15, 0.2) is 6.10 Å². The van der Waals surface area contributed by atoms with Crippen LogP contribution in [0.2, 0.25) is 0 Å². The second kappa shape index (κ2) is 13.6. The average molecular weight is 645 g/mol. The molecule has 1 aliphatic carbocycles. The van der Waals surface area contributed by atoms with Crippen molar-refractivity contribution in [1.29, 1.82) is 0 Å². The normalized spacial score (nSPS) is 17.0. The Kier molecular flexibility index (Phi) is 10.1. The topological polar surface area (TPSA) is 60.9 Å². The van der Waals surface area contributed by atoms with E-state index in [1.807, 2.05) is 65.8 Å². The minimum Gasteiger partial charge on any atom is -0.493 e. The summed E-state index contributed by atoms with van der Waals surface area (Å²) in [5.41, 5.74) is 6.10. The number of hydrogen-bond acceptors (Lipinski definition) is 6. The molecule has 1 atom stereocenters. The number of aryl methyl sites for hydroxylation is 2. The molecule has 47 heavy (non-hydrogen) atoms. The third kappa shape index (κ3) is 7.99. The summed E-state index contributed by atoms with van der Waals surface area (Å²) in [7, 11) is 0. The summed E-state index contributed by atoms with van der Waals surface area (Å²) in [5, 5.41) is 0. The number of carbonyl (C=O) groups excluding carboxylic acids is 1. The first-order valence-electron chi connectivity index (χ1n) is 17.2. The zero-order valence-corrected chi connectivity index (χ0v) is 29.8. The molecular weight excluding hydrogens is 591 g/mol. The Morgan fingerprint density at radius 3 is 2.06 bits per heavy atom. The molecule has 2 aromatic carbocycles. The van der Waals surface area contributed by atoms with Crippen molar-refractivity contribution in [3.63, 3.8) is 0 Å². The predicted octanol–water partition coefficient (Wildman–Crippen LogP) is 9.44. The number of nitrogens with zero attached hydrogens (tertiary/aromatic N) is 2. The smallest absolute Gasteiger partial charge is 0.340 e. The monoisotopic (exact) mass is 644 g/mol. The second-order valence-corrected chi connectivity index (χ2v) is 15.6. The summed E-state index contributed by atoms with van der Waals surface area (Å²) < 4.78 is 32.1. The van der Waals surface area contributed by atoms with Gasteiger partial charge < -0.3 is 19.1 Å². The standard InChI is InChI=1S/C40H53FN2O4/c1-26(2)46-37(44)36(47-38(5,6)7)34-28(4)42-27(3)33(35(34)43-23-21-40(22-24-43)19-10-20-40)29-11-17-32(18-12-29)45-25-39(8,9)30-13-15-31(41)16-14-30/h11-18,26,36H,10,19-25H2,1-9H3/t36-/m0/s1. The Morgan fingerprint density at radius 1 is 0.915 bits per heavy atom. The van der Waals surface area contributed by atoms with Gasteiger partial charge in [0.2, 0.25) is 0 Å². The summed E-state index contributed by atoms with van der Waals surface area (Å²) in [6.45, 7) is 20.1. The van der Waals surface area contributed by atoms with E-state index < -0.39 is 17.7 Å². The molecular formula is C40H53FN2O4. The minimum atomic E-state index is -0.921. The molecule has 1 spiro atoms. The molecule has 254 valence electrons. The molecule has 1 saturated heterocycles. The van der Waals surface area contributed by atoms with Crippen LogP contribution >= 0.6 is 0 Å². The van der Waals surface area contributed by atoms with Crippen molar-refractivity contribution in [2.75, 3.05) is 24.6 Å². The predicted molar refractivity (Wildman–Crippen MR) is 187 cm³/mol. The van der Waals surface area contributed by atoms with Gasteiger partial charge in [-0.05, 0) is 115 Å². The lowest BCUT2D eigenvalue weighted by atomic mass is 9.63. The molecule has 2 aliphatic rings. The lowest BCUT2D eigenvalue weighted by molar-refractivity contribution is -0.171. The first-order valence-corrected chi connectivity index (χ1v) is 17.2. The number of carbonyl (C=O) groups is 1. The van der Waals surface area contributed by atoms with Gasteiger partial charge in [0, 0.05) is 41.0 Å². The van der Waals surface area contributed by atoms with Crippen LogP contribution in [0, 0.1) is 25.1 Å². The molecule has 0 bridgehead atoms. The van der Waals surface area contributed by atoms with E-state index in [9.17, 15) is 9.18 Å². The Bertz CT molecular complexity index is 1540. The SMILES string of the molecule is Cc1nc(C)c([C@H](OC(C)(C)C)C(=O)OC(C)C)c(N2CCC3(CCC3)CC2)c1-c1ccc(OCC(C)(C)c2ccc(F)cc2)cc1. The number of rotatable bonds is 10. The van der Waals surface area contributed by atoms with Gasteiger partial charge in [0.25, 0.3) is 0 Å². The molecule has 2 fully saturated rings. The van der Waals surface area contributed by atoms with Crippen molar-refractivity contribution in [2.24, 2.45) is 5.41 Å². The number of esters is 1. The van der Waals surface area contributed by atoms with Crippen LogP contribution in [0.5, 0.6) is 5.75 Å². The maximum atomic E-state index is 13.8. The highest BCUT2D eigenvalue weighted by Gasteiger charge is 2.42. The molecule has 0 unspecified atom stereocenters. The molecule has 1 aliphatic heterocycles. The van der Waals surface area contributed by atoms with Crippen molar-refractivity contribution in [1.82, 2.24) is 4.98 Å². The highest BCUT2D eigenvalue weighted by molar-refractivity contribution is 5.88. The van der Waals surface area contributed by atoms with E-state index in [0.29, 0.717) is 12.0 Å². The van der Waals surface area contributed by atoms with Crippen molar-refractivity contribution < 1.29 is 23.4 Å². The zero-order valence-electron chi connectivity index (χ0n) is 29.8. The molecule has 5 rings (SSSR count). The highest BCUT2D eigenvalue weighted by atomic mass is 19.1. The van der Waals surface area contributed by atoms with Gasteiger partial charge in [-0.2, -0.15) is 0 Å². The molecule has 0 radical (unpaired) electrons. The van der Waals surface area contributed by atoms with Crippen LogP contribution in [-0.4, -0.2) is 42.4 Å². The first-order chi connectivity index (χ1) is 22.1. The maximum absolute atomic E-state index is 13.8. The fourth-order valence-electron chi connectivity index (χ4n) is 7.05. The van der Waals surface area contributed by atoms with E-state index >= 15 is 0 Å². The van der Waals surface area contributed by atoms with E-state index in [1.165, 1.54) is 31.4 Å². The van der Waals surface area contributed by atoms with E-state index in [1.54, 1.807) is 0 Å². The van der Waals surface area contributed by atoms with Gasteiger partial charge in [-0.3, -0.25) is 4.98 Å². The van der Waals surface area contributed by atoms with Crippen LogP contribution in [0.4, 0.5) is 10.1 Å². The summed E-state index contributed by atoms with van der Waals surface area (Å²) >= 11 is 0. The molecule has 3 aromatic rings. The molecule has 1 saturated carbocycles. The quantitative estimate of drug-likeness (QED) is 0.205. The Morgan fingerprint density at radius 2 is 1.53 bits per heavy atom. The van der Waals surface area contributed by atoms with Gasteiger partial charge in [-0.15, -0.1) is 0 Å². The van der Waals surface area contributed by atoms with Crippen molar-refractivity contribution in [2.45, 2.75) is 118 Å². The number of hydrogen-bond donors (Lipinski definition) is 0. The minimum absolute atomic E-state index is 0.246. The number of anilines is 1. The van der Waals surface area contributed by atoms with Crippen LogP contribution in [0.15, 0.2) is 48.5 Å². The number of benzene rings is 2. The van der Waals surface area contributed by atoms with Crippen LogP contribution in [0.1, 0.15) is 109 Å². The van der Waals surface area contributed by atoms with Crippen LogP contribution in [-0.2, 0) is 19.7 Å². The summed E-state index contributed by atoms with van der Waals surface area (Å²) in [5.74, 6) is 0.114. The first kappa shape index (κ1) is 34.9. The summed E-state index contributed by atoms with van der Waals surface area (Å²) in [4.78, 5) is 21.3. The van der Waals surface area contributed by atoms with E-state index in [0.717, 1.165) is 71.0 Å². The zero-order chi connectivity index (χ0) is 34.1. The second-order valence-electron chi connectivity index (χ2n) is 15.6. The van der Waals surface area contributed by atoms with Gasteiger partial charge in [-0.25, -0.2) is 9.18 Å². The summed E-state index contributed by atoms with van der Waals surface area (Å²) in [6.07, 6.45) is 5.03. The van der Waals surface area contributed by atoms with E-state index in [-0.39, 0.29) is 17.3 Å². The van der Waals surface area contributed by atoms with Gasteiger partial charge in [-0.1, -0.05) is 44.5 Å². The van der Waals surface area contributed by atoms with Crippen molar-refractivity contribution in [3.05, 3.63) is 76.9 Å². The van der Waals surface area contributed by atoms with Crippen molar-refractivity contribution >= 4 is 11.7 Å². The molecule has 0 amide bonds. The van der Waals surface area contributed by atoms with E-state index in [2.05, 4.69) is 37.8 Å². The molecule has 2 heterocycles. The third-order valence-corrected chi connectivity index (χ3v) is 9.80. The molecule has 6 nitrogen and oxygen atoms in total. The Balaban J connectivity index is 1.54. The third-order valence-electron chi connectivity index (χ3n) is 9.80. The number of aromatic nitrogens is 1. The molecule has 0 N–H and O–H groups in total. The largest absolute Gasteiger partial charge is 0.493 e. The van der Waals surface area contributed by atoms with Crippen molar-refractivity contribution in [3.8, 4) is 16.9 Å². The molecule has 1 aromatic heterocycles.